The molecule has 0 aromatic heterocycles. The number of hydrogen-bond acceptors (Lipinski definition) is 7. The van der Waals surface area contributed by atoms with Crippen LogP contribution in [0.4, 0.5) is 5.69 Å². The standard InChI is InChI=1S/C15H14N2O7/c1-8(18)12-13(9-4-2-3-5-10(9)17(23)24)16(7-6-11(19)20)15(22)14(12)21/h2-5,13,21H,6-7H2,1H3,(H,19,20)/p-1/t13-/m1/s1. The van der Waals surface area contributed by atoms with Crippen molar-refractivity contribution in [1.82, 2.24) is 4.90 Å². The van der Waals surface area contributed by atoms with E-state index in [2.05, 4.69) is 0 Å². The molecule has 1 aromatic rings. The number of ketones is 1. The first-order valence-electron chi connectivity index (χ1n) is 6.94. The summed E-state index contributed by atoms with van der Waals surface area (Å²) in [6, 6.07) is 4.22. The van der Waals surface area contributed by atoms with Crippen LogP contribution in [-0.2, 0) is 14.4 Å². The summed E-state index contributed by atoms with van der Waals surface area (Å²) in [4.78, 5) is 46.2. The van der Waals surface area contributed by atoms with Crippen LogP contribution in [0, 0.1) is 10.1 Å². The minimum atomic E-state index is -1.43. The molecule has 1 aliphatic rings. The Morgan fingerprint density at radius 1 is 1.33 bits per heavy atom. The Morgan fingerprint density at radius 2 is 1.96 bits per heavy atom. The lowest BCUT2D eigenvalue weighted by Gasteiger charge is -2.26. The van der Waals surface area contributed by atoms with E-state index in [0.717, 1.165) is 11.8 Å². The summed E-state index contributed by atoms with van der Waals surface area (Å²) in [7, 11) is 0. The van der Waals surface area contributed by atoms with Crippen LogP contribution in [0.5, 0.6) is 0 Å². The zero-order valence-corrected chi connectivity index (χ0v) is 12.6. The predicted octanol–water partition coefficient (Wildman–Crippen LogP) is 0.0192. The van der Waals surface area contributed by atoms with Crippen LogP contribution in [0.2, 0.25) is 0 Å². The van der Waals surface area contributed by atoms with E-state index in [1.54, 1.807) is 0 Å². The summed E-state index contributed by atoms with van der Waals surface area (Å²) < 4.78 is 0. The molecule has 1 atom stereocenters. The van der Waals surface area contributed by atoms with E-state index in [0.29, 0.717) is 0 Å². The van der Waals surface area contributed by atoms with E-state index in [4.69, 9.17) is 0 Å². The topological polar surface area (TPSA) is 141 Å². The van der Waals surface area contributed by atoms with Gasteiger partial charge in [-0.2, -0.15) is 0 Å². The zero-order valence-electron chi connectivity index (χ0n) is 12.6. The van der Waals surface area contributed by atoms with E-state index in [-0.39, 0.29) is 23.4 Å². The number of nitro benzene ring substituents is 1. The summed E-state index contributed by atoms with van der Waals surface area (Å²) in [5, 5.41) is 31.9. The maximum atomic E-state index is 12.2. The summed E-state index contributed by atoms with van der Waals surface area (Å²) in [5.74, 6) is -3.85. The van der Waals surface area contributed by atoms with Gasteiger partial charge in [-0.25, -0.2) is 0 Å². The second kappa shape index (κ2) is 6.49. The van der Waals surface area contributed by atoms with Crippen molar-refractivity contribution in [1.29, 1.82) is 0 Å². The van der Waals surface area contributed by atoms with Crippen molar-refractivity contribution in [2.24, 2.45) is 0 Å². The molecule has 0 fully saturated rings. The van der Waals surface area contributed by atoms with Gasteiger partial charge in [0.15, 0.2) is 11.5 Å². The van der Waals surface area contributed by atoms with Gasteiger partial charge in [-0.15, -0.1) is 0 Å². The minimum absolute atomic E-state index is 0.0171. The number of benzene rings is 1. The van der Waals surface area contributed by atoms with Crippen molar-refractivity contribution in [3.63, 3.8) is 0 Å². The first kappa shape index (κ1) is 17.1. The van der Waals surface area contributed by atoms with Gasteiger partial charge in [-0.1, -0.05) is 12.1 Å². The molecule has 1 N–H and O–H groups in total. The number of Topliss-reactive ketones (excluding diaryl/α,β-unsaturated/α-hetero) is 1. The lowest BCUT2D eigenvalue weighted by Crippen LogP contribution is -2.35. The number of amides is 1. The fraction of sp³-hybridized carbons (Fsp3) is 0.267. The monoisotopic (exact) mass is 333 g/mol. The Morgan fingerprint density at radius 3 is 2.50 bits per heavy atom. The molecule has 1 heterocycles. The van der Waals surface area contributed by atoms with Crippen LogP contribution in [0.1, 0.15) is 24.9 Å². The molecular formula is C15H13N2O7-. The van der Waals surface area contributed by atoms with Gasteiger partial charge >= 0.3 is 0 Å². The number of carbonyl (C=O) groups is 3. The third-order valence-corrected chi connectivity index (χ3v) is 3.67. The van der Waals surface area contributed by atoms with Gasteiger partial charge in [0, 0.05) is 25.0 Å². The maximum Gasteiger partial charge on any atom is 0.290 e. The quantitative estimate of drug-likeness (QED) is 0.571. The van der Waals surface area contributed by atoms with Gasteiger partial charge in [-0.05, 0) is 13.0 Å². The molecule has 1 aromatic carbocycles. The molecule has 2 rings (SSSR count). The van der Waals surface area contributed by atoms with Crippen LogP contribution in [-0.4, -0.2) is 39.1 Å². The number of aliphatic carboxylic acids is 1. The zero-order chi connectivity index (χ0) is 18.0. The number of carboxylic acids is 1. The Labute approximate surface area is 136 Å². The van der Waals surface area contributed by atoms with Gasteiger partial charge in [0.1, 0.15) is 0 Å². The molecule has 9 nitrogen and oxygen atoms in total. The second-order valence-corrected chi connectivity index (χ2v) is 5.16. The molecule has 0 unspecified atom stereocenters. The van der Waals surface area contributed by atoms with Crippen molar-refractivity contribution in [2.45, 2.75) is 19.4 Å². The van der Waals surface area contributed by atoms with Gasteiger partial charge in [0.2, 0.25) is 0 Å². The number of aliphatic hydroxyl groups is 1. The lowest BCUT2D eigenvalue weighted by atomic mass is 9.95. The van der Waals surface area contributed by atoms with E-state index in [9.17, 15) is 34.7 Å². The predicted molar refractivity (Wildman–Crippen MR) is 77.5 cm³/mol. The summed E-state index contributed by atoms with van der Waals surface area (Å²) >= 11 is 0. The smallest absolute Gasteiger partial charge is 0.290 e. The fourth-order valence-electron chi connectivity index (χ4n) is 2.66. The molecule has 24 heavy (non-hydrogen) atoms. The highest BCUT2D eigenvalue weighted by atomic mass is 16.6. The van der Waals surface area contributed by atoms with Crippen molar-refractivity contribution in [2.75, 3.05) is 6.54 Å². The largest absolute Gasteiger partial charge is 0.550 e. The Hall–Kier alpha value is -3.23. The number of para-hydroxylation sites is 1. The molecular weight excluding hydrogens is 320 g/mol. The van der Waals surface area contributed by atoms with Crippen LogP contribution >= 0.6 is 0 Å². The molecule has 0 bridgehead atoms. The number of carboxylic acid groups (broad SMARTS) is 1. The molecule has 0 aliphatic carbocycles. The molecule has 1 amide bonds. The Kier molecular flexibility index (Phi) is 4.63. The normalized spacial score (nSPS) is 17.3. The van der Waals surface area contributed by atoms with Gasteiger partial charge in [0.25, 0.3) is 11.6 Å². The SMILES string of the molecule is CC(=O)C1=C(O)C(=O)N(CCC(=O)[O-])[C@@H]1c1ccccc1[N+](=O)[O-]. The van der Waals surface area contributed by atoms with Crippen molar-refractivity contribution in [3.8, 4) is 0 Å². The van der Waals surface area contributed by atoms with E-state index in [1.807, 2.05) is 0 Å². The first-order valence-corrected chi connectivity index (χ1v) is 6.94. The fourth-order valence-corrected chi connectivity index (χ4v) is 2.66. The van der Waals surface area contributed by atoms with Crippen LogP contribution in [0.25, 0.3) is 0 Å². The summed E-state index contributed by atoms with van der Waals surface area (Å²) in [6.07, 6.45) is -0.540. The number of aliphatic hydroxyl groups excluding tert-OH is 1. The molecule has 0 radical (unpaired) electrons. The van der Waals surface area contributed by atoms with Gasteiger partial charge in [-0.3, -0.25) is 19.7 Å². The third-order valence-electron chi connectivity index (χ3n) is 3.67. The number of hydrogen-bond donors (Lipinski definition) is 1. The van der Waals surface area contributed by atoms with Crippen LogP contribution in [0.3, 0.4) is 0 Å². The number of nitro groups is 1. The second-order valence-electron chi connectivity index (χ2n) is 5.16. The van der Waals surface area contributed by atoms with Crippen molar-refractivity contribution < 1.29 is 29.5 Å². The number of carbonyl (C=O) groups excluding carboxylic acids is 3. The average molecular weight is 333 g/mol. The van der Waals surface area contributed by atoms with E-state index >= 15 is 0 Å². The summed E-state index contributed by atoms with van der Waals surface area (Å²) in [5.41, 5.74) is -0.627. The molecule has 0 saturated heterocycles. The molecule has 9 heteroatoms. The van der Waals surface area contributed by atoms with E-state index in [1.165, 1.54) is 24.3 Å². The maximum absolute atomic E-state index is 12.2. The number of rotatable bonds is 6. The highest BCUT2D eigenvalue weighted by molar-refractivity contribution is 6.08. The number of nitrogens with zero attached hydrogens (tertiary/aromatic N) is 2. The van der Waals surface area contributed by atoms with Crippen molar-refractivity contribution >= 4 is 23.3 Å². The lowest BCUT2D eigenvalue weighted by molar-refractivity contribution is -0.385. The van der Waals surface area contributed by atoms with Crippen molar-refractivity contribution in [3.05, 3.63) is 51.3 Å². The van der Waals surface area contributed by atoms with E-state index < -0.39 is 40.8 Å². The Balaban J connectivity index is 2.59. The van der Waals surface area contributed by atoms with Crippen LogP contribution < -0.4 is 5.11 Å². The molecule has 0 spiro atoms. The molecule has 126 valence electrons. The molecule has 0 saturated carbocycles. The van der Waals surface area contributed by atoms with Gasteiger partial charge in [0.05, 0.1) is 22.1 Å². The Bertz CT molecular complexity index is 769. The average Bonchev–Trinajstić information content (AvgIpc) is 2.77. The van der Waals surface area contributed by atoms with Crippen LogP contribution in [0.15, 0.2) is 35.6 Å². The minimum Gasteiger partial charge on any atom is -0.550 e. The highest BCUT2D eigenvalue weighted by Gasteiger charge is 2.44. The summed E-state index contributed by atoms with van der Waals surface area (Å²) in [6.45, 7) is 0.752. The highest BCUT2D eigenvalue weighted by Crippen LogP contribution is 2.41. The molecule has 1 aliphatic heterocycles. The first-order chi connectivity index (χ1) is 11.3. The third kappa shape index (κ3) is 2.96. The van der Waals surface area contributed by atoms with Gasteiger partial charge < -0.3 is 19.9 Å².